The van der Waals surface area contributed by atoms with Crippen molar-refractivity contribution < 1.29 is 0 Å². The number of allylic oxidation sites excluding steroid dienone is 4. The largest absolute Gasteiger partial charge is 0.0847 e. The van der Waals surface area contributed by atoms with Gasteiger partial charge in [-0.2, -0.15) is 0 Å². The smallest absolute Gasteiger partial charge is 0.00199 e. The number of rotatable bonds is 5. The van der Waals surface area contributed by atoms with Crippen LogP contribution in [0.3, 0.4) is 0 Å². The van der Waals surface area contributed by atoms with Crippen molar-refractivity contribution in [1.82, 2.24) is 0 Å². The first-order valence-corrected chi connectivity index (χ1v) is 11.7. The standard InChI is InChI=1S/C30H36/c1-22-7-12-25(13-8-22)16-19-27-5-4-6-30(27)29-18-11-24(3)28(21-29)20-17-26-14-9-23(2)10-15-26/h7-17,19-20,27-30H,4-6,18,21H2,1-3H3. The Morgan fingerprint density at radius 1 is 0.733 bits per heavy atom. The molecule has 2 aromatic carbocycles. The third-order valence-electron chi connectivity index (χ3n) is 7.33. The number of hydrogen-bond donors (Lipinski definition) is 0. The lowest BCUT2D eigenvalue weighted by Gasteiger charge is -2.33. The van der Waals surface area contributed by atoms with Crippen molar-refractivity contribution in [2.45, 2.75) is 52.9 Å². The topological polar surface area (TPSA) is 0 Å². The predicted octanol–water partition coefficient (Wildman–Crippen LogP) is 8.42. The third kappa shape index (κ3) is 5.22. The van der Waals surface area contributed by atoms with Crippen molar-refractivity contribution >= 4 is 12.2 Å². The normalized spacial score (nSPS) is 27.1. The highest BCUT2D eigenvalue weighted by atomic mass is 14.4. The van der Waals surface area contributed by atoms with Crippen LogP contribution in [0.5, 0.6) is 0 Å². The molecule has 0 aromatic heterocycles. The van der Waals surface area contributed by atoms with Gasteiger partial charge in [0.1, 0.15) is 0 Å². The second-order valence-electron chi connectivity index (χ2n) is 9.58. The molecule has 2 aliphatic rings. The van der Waals surface area contributed by atoms with Crippen LogP contribution in [0.15, 0.2) is 72.3 Å². The molecule has 4 unspecified atom stereocenters. The highest BCUT2D eigenvalue weighted by Gasteiger charge is 2.34. The summed E-state index contributed by atoms with van der Waals surface area (Å²) in [5, 5.41) is 0. The molecule has 0 nitrogen and oxygen atoms in total. The Bertz CT molecular complexity index is 908. The SMILES string of the molecule is CC1=CCC(C2CCCC2C=Cc2ccc(C)cc2)CC1C=Cc1ccc(C)cc1. The molecule has 0 N–H and O–H groups in total. The molecule has 1 fully saturated rings. The minimum atomic E-state index is 0.590. The summed E-state index contributed by atoms with van der Waals surface area (Å²) in [5.74, 6) is 2.99. The first-order chi connectivity index (χ1) is 14.6. The maximum Gasteiger partial charge on any atom is -0.00199 e. The van der Waals surface area contributed by atoms with Crippen molar-refractivity contribution in [2.24, 2.45) is 23.7 Å². The van der Waals surface area contributed by atoms with Gasteiger partial charge < -0.3 is 0 Å². The Labute approximate surface area is 183 Å². The fourth-order valence-electron chi connectivity index (χ4n) is 5.34. The lowest BCUT2D eigenvalue weighted by Crippen LogP contribution is -2.23. The van der Waals surface area contributed by atoms with Gasteiger partial charge >= 0.3 is 0 Å². The van der Waals surface area contributed by atoms with Crippen molar-refractivity contribution in [3.8, 4) is 0 Å². The van der Waals surface area contributed by atoms with Crippen LogP contribution >= 0.6 is 0 Å². The van der Waals surface area contributed by atoms with Gasteiger partial charge in [0, 0.05) is 0 Å². The molecule has 0 spiro atoms. The van der Waals surface area contributed by atoms with Crippen LogP contribution in [0.1, 0.15) is 61.3 Å². The van der Waals surface area contributed by atoms with E-state index in [0.29, 0.717) is 5.92 Å². The summed E-state index contributed by atoms with van der Waals surface area (Å²) in [6.45, 7) is 6.63. The molecular formula is C30H36. The molecule has 156 valence electrons. The third-order valence-corrected chi connectivity index (χ3v) is 7.33. The minimum absolute atomic E-state index is 0.590. The molecule has 0 radical (unpaired) electrons. The lowest BCUT2D eigenvalue weighted by atomic mass is 9.72. The van der Waals surface area contributed by atoms with E-state index in [2.05, 4.69) is 99.7 Å². The Balaban J connectivity index is 1.42. The fraction of sp³-hybridized carbons (Fsp3) is 0.400. The maximum atomic E-state index is 2.53. The second-order valence-corrected chi connectivity index (χ2v) is 9.58. The highest BCUT2D eigenvalue weighted by Crippen LogP contribution is 2.45. The number of aryl methyl sites for hydroxylation is 2. The zero-order chi connectivity index (χ0) is 20.9. The molecule has 2 aromatic rings. The molecule has 0 heteroatoms. The Morgan fingerprint density at radius 2 is 1.33 bits per heavy atom. The Hall–Kier alpha value is -2.34. The summed E-state index contributed by atoms with van der Waals surface area (Å²) in [6, 6.07) is 17.8. The van der Waals surface area contributed by atoms with E-state index in [4.69, 9.17) is 0 Å². The average molecular weight is 397 g/mol. The van der Waals surface area contributed by atoms with E-state index < -0.39 is 0 Å². The monoisotopic (exact) mass is 396 g/mol. The van der Waals surface area contributed by atoms with E-state index in [1.807, 2.05) is 0 Å². The van der Waals surface area contributed by atoms with Crippen LogP contribution in [0.4, 0.5) is 0 Å². The van der Waals surface area contributed by atoms with Crippen molar-refractivity contribution in [3.05, 3.63) is 94.6 Å². The van der Waals surface area contributed by atoms with Gasteiger partial charge in [-0.15, -0.1) is 0 Å². The van der Waals surface area contributed by atoms with Gasteiger partial charge in [-0.25, -0.2) is 0 Å². The number of hydrogen-bond acceptors (Lipinski definition) is 0. The second kappa shape index (κ2) is 9.65. The Kier molecular flexibility index (Phi) is 6.72. The average Bonchev–Trinajstić information content (AvgIpc) is 3.22. The zero-order valence-electron chi connectivity index (χ0n) is 18.9. The van der Waals surface area contributed by atoms with Crippen molar-refractivity contribution in [2.75, 3.05) is 0 Å². The fourth-order valence-corrected chi connectivity index (χ4v) is 5.34. The van der Waals surface area contributed by atoms with Gasteiger partial charge in [0.2, 0.25) is 0 Å². The summed E-state index contributed by atoms with van der Waals surface area (Å²) in [6.07, 6.45) is 18.9. The van der Waals surface area contributed by atoms with Crippen LogP contribution in [0.2, 0.25) is 0 Å². The molecular weight excluding hydrogens is 360 g/mol. The summed E-state index contributed by atoms with van der Waals surface area (Å²) in [5.41, 5.74) is 6.87. The van der Waals surface area contributed by atoms with Crippen LogP contribution < -0.4 is 0 Å². The van der Waals surface area contributed by atoms with E-state index in [-0.39, 0.29) is 0 Å². The first-order valence-electron chi connectivity index (χ1n) is 11.7. The van der Waals surface area contributed by atoms with Gasteiger partial charge in [-0.1, -0.05) is 102 Å². The van der Waals surface area contributed by atoms with E-state index in [1.165, 1.54) is 54.4 Å². The Morgan fingerprint density at radius 3 is 1.97 bits per heavy atom. The van der Waals surface area contributed by atoms with Gasteiger partial charge in [0.15, 0.2) is 0 Å². The van der Waals surface area contributed by atoms with Gasteiger partial charge in [-0.05, 0) is 81.3 Å². The summed E-state index contributed by atoms with van der Waals surface area (Å²) in [7, 11) is 0. The molecule has 0 aliphatic heterocycles. The molecule has 0 amide bonds. The molecule has 0 saturated heterocycles. The van der Waals surface area contributed by atoms with Crippen LogP contribution in [-0.4, -0.2) is 0 Å². The molecule has 2 aliphatic carbocycles. The maximum absolute atomic E-state index is 2.53. The predicted molar refractivity (Wildman–Crippen MR) is 131 cm³/mol. The molecule has 1 saturated carbocycles. The van der Waals surface area contributed by atoms with Crippen LogP contribution in [0.25, 0.3) is 12.2 Å². The summed E-state index contributed by atoms with van der Waals surface area (Å²) >= 11 is 0. The molecule has 0 heterocycles. The van der Waals surface area contributed by atoms with E-state index in [1.54, 1.807) is 5.57 Å². The van der Waals surface area contributed by atoms with Crippen molar-refractivity contribution in [1.29, 1.82) is 0 Å². The molecule has 4 rings (SSSR count). The minimum Gasteiger partial charge on any atom is -0.0847 e. The summed E-state index contributed by atoms with van der Waals surface area (Å²) in [4.78, 5) is 0. The van der Waals surface area contributed by atoms with E-state index >= 15 is 0 Å². The first kappa shape index (κ1) is 20.9. The van der Waals surface area contributed by atoms with Crippen molar-refractivity contribution in [3.63, 3.8) is 0 Å². The van der Waals surface area contributed by atoms with E-state index in [0.717, 1.165) is 17.8 Å². The number of benzene rings is 2. The van der Waals surface area contributed by atoms with Gasteiger partial charge in [0.05, 0.1) is 0 Å². The zero-order valence-corrected chi connectivity index (χ0v) is 18.9. The molecule has 0 bridgehead atoms. The van der Waals surface area contributed by atoms with Crippen LogP contribution in [0, 0.1) is 37.5 Å². The van der Waals surface area contributed by atoms with Gasteiger partial charge in [-0.3, -0.25) is 0 Å². The molecule has 4 atom stereocenters. The lowest BCUT2D eigenvalue weighted by molar-refractivity contribution is 0.255. The quantitative estimate of drug-likeness (QED) is 0.445. The highest BCUT2D eigenvalue weighted by molar-refractivity contribution is 5.51. The van der Waals surface area contributed by atoms with Crippen LogP contribution in [-0.2, 0) is 0 Å². The molecule has 30 heavy (non-hydrogen) atoms. The van der Waals surface area contributed by atoms with Gasteiger partial charge in [0.25, 0.3) is 0 Å². The summed E-state index contributed by atoms with van der Waals surface area (Å²) < 4.78 is 0. The van der Waals surface area contributed by atoms with E-state index in [9.17, 15) is 0 Å².